The second kappa shape index (κ2) is 6.55. The van der Waals surface area contributed by atoms with Crippen LogP contribution in [0.2, 0.25) is 0 Å². The Morgan fingerprint density at radius 3 is 2.67 bits per heavy atom. The van der Waals surface area contributed by atoms with Gasteiger partial charge in [-0.05, 0) is 18.9 Å². The summed E-state index contributed by atoms with van der Waals surface area (Å²) >= 11 is 0. The van der Waals surface area contributed by atoms with Crippen molar-refractivity contribution in [1.29, 1.82) is 5.26 Å². The number of rotatable bonds is 5. The molecule has 0 amide bonds. The highest BCUT2D eigenvalue weighted by atomic mass is 16.6. The maximum atomic E-state index is 10.7. The van der Waals surface area contributed by atoms with Gasteiger partial charge in [0.2, 0.25) is 0 Å². The molecule has 1 saturated carbocycles. The van der Waals surface area contributed by atoms with Crippen LogP contribution in [0, 0.1) is 26.9 Å². The number of non-ortho nitro benzene ring substituents is 1. The molecule has 0 saturated heterocycles. The molecule has 1 aliphatic rings. The number of nitriles is 1. The Morgan fingerprint density at radius 1 is 1.38 bits per heavy atom. The van der Waals surface area contributed by atoms with Crippen LogP contribution in [0.3, 0.4) is 0 Å². The fourth-order valence-electron chi connectivity index (χ4n) is 2.87. The van der Waals surface area contributed by atoms with Gasteiger partial charge in [0.25, 0.3) is 5.69 Å². The number of hydrogen-bond donors (Lipinski definition) is 2. The summed E-state index contributed by atoms with van der Waals surface area (Å²) in [6.45, 7) is 0.699. The fraction of sp³-hybridized carbons (Fsp3) is 0.533. The number of aliphatic hydroxyl groups is 1. The predicted octanol–water partition coefficient (Wildman–Crippen LogP) is 2.82. The Balaban J connectivity index is 2.12. The van der Waals surface area contributed by atoms with Crippen LogP contribution in [0.4, 0.5) is 11.4 Å². The maximum absolute atomic E-state index is 10.7. The topological polar surface area (TPSA) is 99.2 Å². The van der Waals surface area contributed by atoms with E-state index in [1.54, 1.807) is 6.07 Å². The van der Waals surface area contributed by atoms with Gasteiger partial charge in [-0.1, -0.05) is 19.3 Å². The van der Waals surface area contributed by atoms with Crippen molar-refractivity contribution in [2.45, 2.75) is 32.1 Å². The summed E-state index contributed by atoms with van der Waals surface area (Å²) in [7, 11) is 0. The van der Waals surface area contributed by atoms with Gasteiger partial charge >= 0.3 is 0 Å². The molecule has 6 heteroatoms. The summed E-state index contributed by atoms with van der Waals surface area (Å²) in [5, 5.41) is 32.7. The van der Waals surface area contributed by atoms with Crippen molar-refractivity contribution >= 4 is 11.4 Å². The van der Waals surface area contributed by atoms with Crippen molar-refractivity contribution in [3.05, 3.63) is 33.9 Å². The molecule has 0 radical (unpaired) electrons. The number of nitrogens with one attached hydrogen (secondary N) is 1. The number of hydrogen-bond acceptors (Lipinski definition) is 5. The molecule has 0 atom stereocenters. The lowest BCUT2D eigenvalue weighted by Gasteiger charge is -2.36. The first kappa shape index (κ1) is 15.3. The SMILES string of the molecule is N#Cc1cc([N+](=O)[O-])ccc1NCC1(CO)CCCCC1. The number of nitro benzene ring substituents is 1. The lowest BCUT2D eigenvalue weighted by molar-refractivity contribution is -0.384. The highest BCUT2D eigenvalue weighted by molar-refractivity contribution is 5.61. The summed E-state index contributed by atoms with van der Waals surface area (Å²) in [6, 6.07) is 6.20. The molecule has 0 bridgehead atoms. The van der Waals surface area contributed by atoms with Crippen molar-refractivity contribution in [1.82, 2.24) is 0 Å². The van der Waals surface area contributed by atoms with Crippen LogP contribution in [0.1, 0.15) is 37.7 Å². The molecule has 1 aromatic rings. The van der Waals surface area contributed by atoms with E-state index in [0.29, 0.717) is 12.2 Å². The van der Waals surface area contributed by atoms with Gasteiger partial charge in [0.05, 0.1) is 22.8 Å². The zero-order valence-corrected chi connectivity index (χ0v) is 11.8. The molecule has 2 N–H and O–H groups in total. The van der Waals surface area contributed by atoms with E-state index in [2.05, 4.69) is 5.32 Å². The third-order valence-electron chi connectivity index (χ3n) is 4.24. The van der Waals surface area contributed by atoms with Crippen molar-refractivity contribution in [2.24, 2.45) is 5.41 Å². The van der Waals surface area contributed by atoms with E-state index in [-0.39, 0.29) is 23.3 Å². The second-order valence-electron chi connectivity index (χ2n) is 5.67. The van der Waals surface area contributed by atoms with Crippen LogP contribution in [0.5, 0.6) is 0 Å². The molecule has 0 heterocycles. The van der Waals surface area contributed by atoms with Crippen LogP contribution >= 0.6 is 0 Å². The fourth-order valence-corrected chi connectivity index (χ4v) is 2.87. The van der Waals surface area contributed by atoms with Gasteiger partial charge in [-0.3, -0.25) is 10.1 Å². The van der Waals surface area contributed by atoms with Crippen LogP contribution in [-0.2, 0) is 0 Å². The molecule has 2 rings (SSSR count). The average molecular weight is 289 g/mol. The minimum absolute atomic E-state index is 0.0911. The summed E-state index contributed by atoms with van der Waals surface area (Å²) in [5.41, 5.74) is 0.605. The van der Waals surface area contributed by atoms with Crippen LogP contribution < -0.4 is 5.32 Å². The summed E-state index contributed by atoms with van der Waals surface area (Å²) < 4.78 is 0. The normalized spacial score (nSPS) is 17.0. The summed E-state index contributed by atoms with van der Waals surface area (Å²) in [6.07, 6.45) is 5.33. The highest BCUT2D eigenvalue weighted by Crippen LogP contribution is 2.36. The van der Waals surface area contributed by atoms with Crippen molar-refractivity contribution < 1.29 is 10.0 Å². The first-order chi connectivity index (χ1) is 10.1. The molecular weight excluding hydrogens is 270 g/mol. The zero-order chi connectivity index (χ0) is 15.3. The Hall–Kier alpha value is -2.13. The standard InChI is InChI=1S/C15H19N3O3/c16-9-12-8-13(18(20)21)4-5-14(12)17-10-15(11-19)6-2-1-3-7-15/h4-5,8,17,19H,1-3,6-7,10-11H2. The van der Waals surface area contributed by atoms with Crippen LogP contribution in [-0.4, -0.2) is 23.2 Å². The van der Waals surface area contributed by atoms with E-state index in [0.717, 1.165) is 25.7 Å². The first-order valence-electron chi connectivity index (χ1n) is 7.13. The number of nitrogens with zero attached hydrogens (tertiary/aromatic N) is 2. The van der Waals surface area contributed by atoms with Gasteiger partial charge in [-0.2, -0.15) is 5.26 Å². The summed E-state index contributed by atoms with van der Waals surface area (Å²) in [5.74, 6) is 0. The van der Waals surface area contributed by atoms with E-state index in [1.165, 1.54) is 18.6 Å². The largest absolute Gasteiger partial charge is 0.396 e. The smallest absolute Gasteiger partial charge is 0.270 e. The maximum Gasteiger partial charge on any atom is 0.270 e. The van der Waals surface area contributed by atoms with E-state index in [4.69, 9.17) is 5.26 Å². The van der Waals surface area contributed by atoms with Gasteiger partial charge in [-0.15, -0.1) is 0 Å². The molecule has 0 spiro atoms. The Kier molecular flexibility index (Phi) is 4.76. The molecule has 6 nitrogen and oxygen atoms in total. The number of benzene rings is 1. The molecule has 112 valence electrons. The van der Waals surface area contributed by atoms with Gasteiger partial charge in [0, 0.05) is 24.1 Å². The minimum Gasteiger partial charge on any atom is -0.396 e. The Bertz CT molecular complexity index is 560. The molecule has 21 heavy (non-hydrogen) atoms. The quantitative estimate of drug-likeness (QED) is 0.641. The monoisotopic (exact) mass is 289 g/mol. The third kappa shape index (κ3) is 3.50. The lowest BCUT2D eigenvalue weighted by Crippen LogP contribution is -2.35. The van der Waals surface area contributed by atoms with Gasteiger partial charge < -0.3 is 10.4 Å². The van der Waals surface area contributed by atoms with Crippen LogP contribution in [0.15, 0.2) is 18.2 Å². The minimum atomic E-state index is -0.513. The van der Waals surface area contributed by atoms with E-state index < -0.39 is 4.92 Å². The number of anilines is 1. The lowest BCUT2D eigenvalue weighted by atomic mass is 9.74. The Morgan fingerprint density at radius 2 is 2.10 bits per heavy atom. The zero-order valence-electron chi connectivity index (χ0n) is 11.8. The molecule has 0 aliphatic heterocycles. The van der Waals surface area contributed by atoms with Gasteiger partial charge in [-0.25, -0.2) is 0 Å². The van der Waals surface area contributed by atoms with Crippen molar-refractivity contribution in [3.8, 4) is 6.07 Å². The molecular formula is C15H19N3O3. The third-order valence-corrected chi connectivity index (χ3v) is 4.24. The second-order valence-corrected chi connectivity index (χ2v) is 5.67. The summed E-state index contributed by atoms with van der Waals surface area (Å²) in [4.78, 5) is 10.2. The molecule has 0 unspecified atom stereocenters. The van der Waals surface area contributed by atoms with E-state index in [9.17, 15) is 15.2 Å². The van der Waals surface area contributed by atoms with E-state index in [1.807, 2.05) is 6.07 Å². The van der Waals surface area contributed by atoms with Crippen molar-refractivity contribution in [2.75, 3.05) is 18.5 Å². The molecule has 0 aromatic heterocycles. The molecule has 1 aromatic carbocycles. The molecule has 1 fully saturated rings. The average Bonchev–Trinajstić information content (AvgIpc) is 2.53. The Labute approximate surface area is 123 Å². The first-order valence-corrected chi connectivity index (χ1v) is 7.13. The van der Waals surface area contributed by atoms with Gasteiger partial charge in [0.1, 0.15) is 6.07 Å². The van der Waals surface area contributed by atoms with E-state index >= 15 is 0 Å². The predicted molar refractivity (Wildman–Crippen MR) is 78.9 cm³/mol. The van der Waals surface area contributed by atoms with Gasteiger partial charge in [0.15, 0.2) is 0 Å². The highest BCUT2D eigenvalue weighted by Gasteiger charge is 2.31. The van der Waals surface area contributed by atoms with Crippen molar-refractivity contribution in [3.63, 3.8) is 0 Å². The van der Waals surface area contributed by atoms with Crippen LogP contribution in [0.25, 0.3) is 0 Å². The number of nitro groups is 1. The number of aliphatic hydroxyl groups excluding tert-OH is 1. The molecule has 1 aliphatic carbocycles.